The summed E-state index contributed by atoms with van der Waals surface area (Å²) in [6, 6.07) is 9.05. The molecule has 0 aliphatic carbocycles. The van der Waals surface area contributed by atoms with Crippen molar-refractivity contribution in [2.24, 2.45) is 5.92 Å². The Labute approximate surface area is 245 Å². The fraction of sp³-hybridized carbons (Fsp3) is 0.484. The van der Waals surface area contributed by atoms with Gasteiger partial charge < -0.3 is 19.1 Å². The molecule has 4 amide bonds. The number of methoxy groups -OCH3 is 2. The lowest BCUT2D eigenvalue weighted by Crippen LogP contribution is -2.52. The van der Waals surface area contributed by atoms with E-state index in [2.05, 4.69) is 11.2 Å². The van der Waals surface area contributed by atoms with E-state index in [0.717, 1.165) is 30.3 Å². The average Bonchev–Trinajstić information content (AvgIpc) is 3.37. The van der Waals surface area contributed by atoms with Crippen LogP contribution in [-0.2, 0) is 22.5 Å². The van der Waals surface area contributed by atoms with E-state index < -0.39 is 5.60 Å². The van der Waals surface area contributed by atoms with Crippen LogP contribution in [0.1, 0.15) is 51.2 Å². The zero-order valence-corrected chi connectivity index (χ0v) is 25.0. The van der Waals surface area contributed by atoms with E-state index in [9.17, 15) is 14.4 Å². The van der Waals surface area contributed by atoms with Crippen molar-refractivity contribution in [2.45, 2.75) is 58.6 Å². The number of carbonyl (C=O) groups excluding carboxylic acids is 3. The Bertz CT molecular complexity index is 1470. The van der Waals surface area contributed by atoms with Gasteiger partial charge in [-0.3, -0.25) is 14.6 Å². The molecule has 2 aliphatic rings. The van der Waals surface area contributed by atoms with E-state index in [1.807, 2.05) is 33.0 Å². The highest BCUT2D eigenvalue weighted by Crippen LogP contribution is 2.31. The predicted octanol–water partition coefficient (Wildman–Crippen LogP) is 4.90. The molecule has 1 aromatic carbocycles. The molecule has 2 fully saturated rings. The van der Waals surface area contributed by atoms with Gasteiger partial charge in [0.2, 0.25) is 5.91 Å². The molecule has 0 atom stereocenters. The number of likely N-dealkylation sites (tertiary alicyclic amines) is 1. The van der Waals surface area contributed by atoms with Gasteiger partial charge in [0.05, 0.1) is 38.2 Å². The fourth-order valence-electron chi connectivity index (χ4n) is 5.55. The van der Waals surface area contributed by atoms with E-state index in [0.29, 0.717) is 41.8 Å². The van der Waals surface area contributed by atoms with Crippen LogP contribution >= 0.6 is 0 Å². The Morgan fingerprint density at radius 2 is 1.79 bits per heavy atom. The molecule has 0 N–H and O–H groups in total. The summed E-state index contributed by atoms with van der Waals surface area (Å²) in [5.74, 6) is 1.37. The van der Waals surface area contributed by atoms with Gasteiger partial charge in [0.1, 0.15) is 17.1 Å². The maximum atomic E-state index is 13.7. The van der Waals surface area contributed by atoms with Gasteiger partial charge >= 0.3 is 12.1 Å². The van der Waals surface area contributed by atoms with Gasteiger partial charge in [0.25, 0.3) is 0 Å². The minimum atomic E-state index is -0.505. The van der Waals surface area contributed by atoms with Crippen molar-refractivity contribution in [1.29, 1.82) is 0 Å². The number of benzene rings is 1. The number of aromatic nitrogens is 2. The predicted molar refractivity (Wildman–Crippen MR) is 157 cm³/mol. The Morgan fingerprint density at radius 3 is 2.48 bits per heavy atom. The van der Waals surface area contributed by atoms with Crippen LogP contribution in [0, 0.1) is 5.92 Å². The molecule has 2 aliphatic heterocycles. The van der Waals surface area contributed by atoms with Gasteiger partial charge in [-0.25, -0.2) is 14.1 Å². The zero-order valence-electron chi connectivity index (χ0n) is 25.0. The van der Waals surface area contributed by atoms with Gasteiger partial charge in [-0.05, 0) is 75.8 Å². The molecule has 0 radical (unpaired) electrons. The maximum absolute atomic E-state index is 13.7. The number of hydrogen-bond donors (Lipinski definition) is 0. The third kappa shape index (κ3) is 6.29. The van der Waals surface area contributed by atoms with Crippen molar-refractivity contribution in [2.75, 3.05) is 38.8 Å². The molecule has 0 saturated carbocycles. The maximum Gasteiger partial charge on any atom is 0.410 e. The van der Waals surface area contributed by atoms with Crippen molar-refractivity contribution < 1.29 is 28.6 Å². The normalized spacial score (nSPS) is 16.7. The van der Waals surface area contributed by atoms with Gasteiger partial charge in [-0.15, -0.1) is 0 Å². The van der Waals surface area contributed by atoms with Crippen LogP contribution in [0.15, 0.2) is 42.7 Å². The molecule has 4 heterocycles. The Kier molecular flexibility index (Phi) is 8.29. The summed E-state index contributed by atoms with van der Waals surface area (Å²) < 4.78 is 18.0. The quantitative estimate of drug-likeness (QED) is 0.393. The van der Waals surface area contributed by atoms with Crippen molar-refractivity contribution in [3.05, 3.63) is 53.9 Å². The largest absolute Gasteiger partial charge is 0.497 e. The highest BCUT2D eigenvalue weighted by atomic mass is 16.6. The number of urea groups is 1. The molecule has 11 nitrogen and oxygen atoms in total. The number of anilines is 1. The van der Waals surface area contributed by atoms with E-state index in [4.69, 9.17) is 14.2 Å². The summed E-state index contributed by atoms with van der Waals surface area (Å²) in [6.45, 7) is 7.35. The molecule has 11 heteroatoms. The zero-order chi connectivity index (χ0) is 30.0. The van der Waals surface area contributed by atoms with E-state index in [-0.39, 0.29) is 37.5 Å². The van der Waals surface area contributed by atoms with Crippen LogP contribution < -0.4 is 14.4 Å². The molecular formula is C31H39N5O6. The lowest BCUT2D eigenvalue weighted by Gasteiger charge is -2.34. The molecule has 0 unspecified atom stereocenters. The van der Waals surface area contributed by atoms with E-state index in [1.54, 1.807) is 52.9 Å². The molecule has 224 valence electrons. The highest BCUT2D eigenvalue weighted by Gasteiger charge is 2.35. The number of carbonyl (C=O) groups is 3. The van der Waals surface area contributed by atoms with Crippen molar-refractivity contribution in [3.8, 4) is 11.5 Å². The Balaban J connectivity index is 1.29. The average molecular weight is 578 g/mol. The van der Waals surface area contributed by atoms with Crippen LogP contribution in [-0.4, -0.2) is 76.9 Å². The molecule has 3 aromatic rings. The summed E-state index contributed by atoms with van der Waals surface area (Å²) in [7, 11) is 3.12. The molecule has 0 spiro atoms. The third-order valence-corrected chi connectivity index (χ3v) is 7.78. The minimum absolute atomic E-state index is 0.0911. The van der Waals surface area contributed by atoms with Gasteiger partial charge in [0.15, 0.2) is 0 Å². The molecular weight excluding hydrogens is 538 g/mol. The lowest BCUT2D eigenvalue weighted by molar-refractivity contribution is -0.129. The molecule has 5 rings (SSSR count). The van der Waals surface area contributed by atoms with Crippen LogP contribution in [0.3, 0.4) is 0 Å². The van der Waals surface area contributed by atoms with Gasteiger partial charge in [-0.1, -0.05) is 0 Å². The van der Waals surface area contributed by atoms with Crippen LogP contribution in [0.5, 0.6) is 11.5 Å². The fourth-order valence-corrected chi connectivity index (χ4v) is 5.55. The van der Waals surface area contributed by atoms with Crippen molar-refractivity contribution in [3.63, 3.8) is 0 Å². The number of piperidine rings is 1. The SMILES string of the molecule is COc1ccc(CN2C(=O)CCN(c3cnn4ccc(CC5CCN(C(=O)OC(C)(C)C)CC5)cc34)C2=O)c(OC)c1. The van der Waals surface area contributed by atoms with Gasteiger partial charge in [0, 0.05) is 43.9 Å². The third-order valence-electron chi connectivity index (χ3n) is 7.78. The van der Waals surface area contributed by atoms with Crippen LogP contribution in [0.2, 0.25) is 0 Å². The monoisotopic (exact) mass is 577 g/mol. The second-order valence-corrected chi connectivity index (χ2v) is 11.9. The first kappa shape index (κ1) is 29.2. The molecule has 0 bridgehead atoms. The summed E-state index contributed by atoms with van der Waals surface area (Å²) in [6.07, 6.45) is 6.19. The number of amides is 4. The summed E-state index contributed by atoms with van der Waals surface area (Å²) >= 11 is 0. The topological polar surface area (TPSA) is 106 Å². The van der Waals surface area contributed by atoms with Gasteiger partial charge in [-0.2, -0.15) is 5.10 Å². The molecule has 2 aromatic heterocycles. The smallest absolute Gasteiger partial charge is 0.410 e. The summed E-state index contributed by atoms with van der Waals surface area (Å²) in [5, 5.41) is 4.48. The minimum Gasteiger partial charge on any atom is -0.497 e. The first-order chi connectivity index (χ1) is 20.1. The highest BCUT2D eigenvalue weighted by molar-refractivity contribution is 6.07. The summed E-state index contributed by atoms with van der Waals surface area (Å²) in [5.41, 5.74) is 2.82. The number of hydrogen-bond acceptors (Lipinski definition) is 7. The lowest BCUT2D eigenvalue weighted by atomic mass is 9.90. The second-order valence-electron chi connectivity index (χ2n) is 11.9. The number of fused-ring (bicyclic) bond motifs is 1. The van der Waals surface area contributed by atoms with E-state index in [1.165, 1.54) is 4.90 Å². The van der Waals surface area contributed by atoms with Crippen LogP contribution in [0.25, 0.3) is 5.52 Å². The summed E-state index contributed by atoms with van der Waals surface area (Å²) in [4.78, 5) is 43.7. The number of ether oxygens (including phenoxy) is 3. The Hall–Kier alpha value is -4.28. The van der Waals surface area contributed by atoms with Crippen molar-refractivity contribution >= 4 is 29.2 Å². The number of nitrogens with zero attached hydrogens (tertiary/aromatic N) is 5. The number of imide groups is 1. The van der Waals surface area contributed by atoms with Crippen molar-refractivity contribution in [1.82, 2.24) is 19.4 Å². The molecule has 2 saturated heterocycles. The Morgan fingerprint density at radius 1 is 1.02 bits per heavy atom. The standard InChI is InChI=1S/C31H39N5O6/c1-31(2,3)42-30(39)33-12-8-21(9-13-33)16-22-10-15-36-25(17-22)26(19-32-36)34-14-11-28(37)35(29(34)38)20-23-6-7-24(40-4)18-27(23)41-5/h6-7,10,15,17-19,21H,8-9,11-14,16,20H2,1-5H3. The first-order valence-electron chi connectivity index (χ1n) is 14.3. The first-order valence-corrected chi connectivity index (χ1v) is 14.3. The van der Waals surface area contributed by atoms with E-state index >= 15 is 0 Å². The second kappa shape index (κ2) is 11.9. The number of pyridine rings is 1. The van der Waals surface area contributed by atoms with Crippen LogP contribution in [0.4, 0.5) is 15.3 Å². The molecule has 42 heavy (non-hydrogen) atoms. The number of rotatable bonds is 7.